The van der Waals surface area contributed by atoms with Crippen LogP contribution in [0.3, 0.4) is 0 Å². The van der Waals surface area contributed by atoms with Gasteiger partial charge in [0.1, 0.15) is 0 Å². The first-order chi connectivity index (χ1) is 1.73. The van der Waals surface area contributed by atoms with Crippen molar-refractivity contribution >= 4 is 37.7 Å². The van der Waals surface area contributed by atoms with Crippen molar-refractivity contribution in [2.45, 2.75) is 20.8 Å². The molecule has 0 saturated carbocycles. The van der Waals surface area contributed by atoms with Gasteiger partial charge in [-0.2, -0.15) is 0 Å². The zero-order valence-electron chi connectivity index (χ0n) is 3.50. The first-order valence-corrected chi connectivity index (χ1v) is 1.50. The minimum atomic E-state index is 0. The third kappa shape index (κ3) is 35.2. The van der Waals surface area contributed by atoms with E-state index in [1.165, 1.54) is 5.92 Å². The molecule has 0 aliphatic heterocycles. The topological polar surface area (TPSA) is 0 Å². The molecule has 0 aromatic rings. The molecule has 0 heterocycles. The molecule has 0 atom stereocenters. The molecular weight excluding hydrogens is 88.1 g/mol. The molecule has 0 fully saturated rings. The van der Waals surface area contributed by atoms with Gasteiger partial charge in [-0.05, 0) is 5.92 Å². The Labute approximate surface area is 63.9 Å². The summed E-state index contributed by atoms with van der Waals surface area (Å²) in [6.07, 6.45) is 0. The van der Waals surface area contributed by atoms with Crippen LogP contribution in [0.5, 0.6) is 0 Å². The minimum absolute atomic E-state index is 0. The molecule has 0 spiro atoms. The van der Waals surface area contributed by atoms with Crippen LogP contribution in [0.25, 0.3) is 0 Å². The van der Waals surface area contributed by atoms with E-state index in [9.17, 15) is 0 Å². The van der Waals surface area contributed by atoms with E-state index >= 15 is 0 Å². The Morgan fingerprint density at radius 3 is 1.00 bits per heavy atom. The van der Waals surface area contributed by atoms with Gasteiger partial charge in [0.05, 0.1) is 0 Å². The average Bonchev–Trinajstić information content (AvgIpc) is 0.811. The Kier molecular flexibility index (Phi) is 10.0. The van der Waals surface area contributed by atoms with E-state index in [1.54, 1.807) is 0 Å². The summed E-state index contributed by atoms with van der Waals surface area (Å²) in [6, 6.07) is 0. The molecule has 0 aromatic heterocycles. The van der Waals surface area contributed by atoms with Gasteiger partial charge >= 0.3 is 37.7 Å². The van der Waals surface area contributed by atoms with Crippen molar-refractivity contribution in [3.63, 3.8) is 0 Å². The van der Waals surface area contributed by atoms with Gasteiger partial charge in [0, 0.05) is 0 Å². The first kappa shape index (κ1) is 9.54. The summed E-state index contributed by atoms with van der Waals surface area (Å²) in [4.78, 5) is 0. The van der Waals surface area contributed by atoms with Crippen LogP contribution in [0.15, 0.2) is 0 Å². The molecule has 29 valence electrons. The SMILES string of the molecule is C[C](C)C.[CaH2]. The standard InChI is InChI=1S/C4H9.Ca.2H/c1-4(2)3;;;/h1-3H3;;;. The summed E-state index contributed by atoms with van der Waals surface area (Å²) in [5.74, 6) is 1.42. The first-order valence-electron chi connectivity index (χ1n) is 1.50. The second-order valence-corrected chi connectivity index (χ2v) is 1.50. The normalized spacial score (nSPS) is 7.20. The van der Waals surface area contributed by atoms with Gasteiger partial charge < -0.3 is 0 Å². The fraction of sp³-hybridized carbons (Fsp3) is 0.750. The van der Waals surface area contributed by atoms with Crippen LogP contribution >= 0.6 is 0 Å². The molecule has 0 N–H and O–H groups in total. The fourth-order valence-corrected chi connectivity index (χ4v) is 0. The quantitative estimate of drug-likeness (QED) is 0.392. The van der Waals surface area contributed by atoms with E-state index in [4.69, 9.17) is 0 Å². The van der Waals surface area contributed by atoms with Crippen molar-refractivity contribution in [2.75, 3.05) is 0 Å². The van der Waals surface area contributed by atoms with E-state index < -0.39 is 0 Å². The zero-order chi connectivity index (χ0) is 3.58. The van der Waals surface area contributed by atoms with Crippen molar-refractivity contribution in [2.24, 2.45) is 0 Å². The van der Waals surface area contributed by atoms with E-state index in [-0.39, 0.29) is 37.7 Å². The second kappa shape index (κ2) is 5.26. The molecule has 1 radical (unpaired) electrons. The Balaban J connectivity index is 0. The summed E-state index contributed by atoms with van der Waals surface area (Å²) in [5.41, 5.74) is 0. The van der Waals surface area contributed by atoms with Crippen LogP contribution in [-0.4, -0.2) is 37.7 Å². The average molecular weight is 99.2 g/mol. The third-order valence-electron chi connectivity index (χ3n) is 0. The van der Waals surface area contributed by atoms with Gasteiger partial charge in [-0.1, -0.05) is 20.8 Å². The molecule has 0 unspecified atom stereocenters. The monoisotopic (exact) mass is 99.0 g/mol. The van der Waals surface area contributed by atoms with Crippen LogP contribution < -0.4 is 0 Å². The van der Waals surface area contributed by atoms with E-state index in [1.807, 2.05) is 0 Å². The Hall–Kier alpha value is 1.26. The van der Waals surface area contributed by atoms with E-state index in [2.05, 4.69) is 20.8 Å². The van der Waals surface area contributed by atoms with Crippen molar-refractivity contribution in [1.82, 2.24) is 0 Å². The van der Waals surface area contributed by atoms with E-state index in [0.29, 0.717) is 0 Å². The molecule has 1 heteroatoms. The summed E-state index contributed by atoms with van der Waals surface area (Å²) in [5, 5.41) is 0. The van der Waals surface area contributed by atoms with Gasteiger partial charge in [-0.15, -0.1) is 0 Å². The van der Waals surface area contributed by atoms with Crippen molar-refractivity contribution in [3.05, 3.63) is 5.92 Å². The predicted molar refractivity (Wildman–Crippen MR) is 28.8 cm³/mol. The van der Waals surface area contributed by atoms with Crippen LogP contribution in [0.4, 0.5) is 0 Å². The Morgan fingerprint density at radius 1 is 1.00 bits per heavy atom. The van der Waals surface area contributed by atoms with E-state index in [0.717, 1.165) is 0 Å². The summed E-state index contributed by atoms with van der Waals surface area (Å²) in [7, 11) is 0. The summed E-state index contributed by atoms with van der Waals surface area (Å²) < 4.78 is 0. The van der Waals surface area contributed by atoms with Gasteiger partial charge in [0.15, 0.2) is 0 Å². The zero-order valence-corrected chi connectivity index (χ0v) is 3.50. The maximum absolute atomic E-state index is 2.08. The molecule has 0 aliphatic carbocycles. The van der Waals surface area contributed by atoms with Crippen LogP contribution in [0.2, 0.25) is 0 Å². The molecule has 0 rings (SSSR count). The Morgan fingerprint density at radius 2 is 1.00 bits per heavy atom. The number of hydrogen-bond donors (Lipinski definition) is 0. The molecule has 0 saturated heterocycles. The maximum atomic E-state index is 2.08. The van der Waals surface area contributed by atoms with Crippen LogP contribution in [0, 0.1) is 5.92 Å². The second-order valence-electron chi connectivity index (χ2n) is 1.50. The molecule has 0 amide bonds. The van der Waals surface area contributed by atoms with Crippen LogP contribution in [-0.2, 0) is 0 Å². The number of hydrogen-bond acceptors (Lipinski definition) is 0. The van der Waals surface area contributed by atoms with Crippen LogP contribution in [0.1, 0.15) is 20.8 Å². The van der Waals surface area contributed by atoms with Gasteiger partial charge in [-0.25, -0.2) is 0 Å². The van der Waals surface area contributed by atoms with Gasteiger partial charge in [-0.3, -0.25) is 0 Å². The summed E-state index contributed by atoms with van der Waals surface area (Å²) >= 11 is 0. The van der Waals surface area contributed by atoms with Gasteiger partial charge in [0.2, 0.25) is 0 Å². The fourth-order valence-electron chi connectivity index (χ4n) is 0. The third-order valence-corrected chi connectivity index (χ3v) is 0. The molecule has 0 nitrogen and oxygen atoms in total. The van der Waals surface area contributed by atoms with Crippen molar-refractivity contribution in [1.29, 1.82) is 0 Å². The van der Waals surface area contributed by atoms with Crippen molar-refractivity contribution < 1.29 is 0 Å². The molecule has 5 heavy (non-hydrogen) atoms. The van der Waals surface area contributed by atoms with Gasteiger partial charge in [0.25, 0.3) is 0 Å². The molecule has 0 bridgehead atoms. The Bertz CT molecular complexity index is 8.36. The summed E-state index contributed by atoms with van der Waals surface area (Å²) in [6.45, 7) is 6.25. The number of rotatable bonds is 0. The predicted octanol–water partition coefficient (Wildman–Crippen LogP) is 0.704. The molecule has 0 aromatic carbocycles. The molecular formula is C4H11Ca. The van der Waals surface area contributed by atoms with Crippen molar-refractivity contribution in [3.8, 4) is 0 Å². The molecule has 0 aliphatic rings.